The van der Waals surface area contributed by atoms with Gasteiger partial charge in [-0.05, 0) is 46.8 Å². The number of hydrogen-bond acceptors (Lipinski definition) is 5. The Morgan fingerprint density at radius 2 is 1.82 bits per heavy atom. The van der Waals surface area contributed by atoms with Crippen LogP contribution in [0.3, 0.4) is 0 Å². The van der Waals surface area contributed by atoms with Gasteiger partial charge in [0.1, 0.15) is 11.4 Å². The Labute approximate surface area is 135 Å². The Hall–Kier alpha value is -1.82. The molecule has 118 valence electrons. The molecule has 0 aliphatic heterocycles. The third kappa shape index (κ3) is 4.34. The Morgan fingerprint density at radius 1 is 1.18 bits per heavy atom. The fourth-order valence-electron chi connectivity index (χ4n) is 1.92. The number of carbonyl (C=O) groups excluding carboxylic acids is 1. The van der Waals surface area contributed by atoms with Crippen LogP contribution in [-0.2, 0) is 9.53 Å². The molecule has 0 aliphatic rings. The van der Waals surface area contributed by atoms with E-state index in [1.807, 2.05) is 63.5 Å². The van der Waals surface area contributed by atoms with Crippen LogP contribution in [0.25, 0.3) is 5.69 Å². The molecule has 0 spiro atoms. The third-order valence-corrected chi connectivity index (χ3v) is 3.73. The molecule has 0 saturated carbocycles. The van der Waals surface area contributed by atoms with Gasteiger partial charge in [-0.2, -0.15) is 0 Å². The molecule has 0 N–H and O–H groups in total. The van der Waals surface area contributed by atoms with Crippen molar-refractivity contribution in [3.05, 3.63) is 35.7 Å². The number of benzene rings is 1. The summed E-state index contributed by atoms with van der Waals surface area (Å²) in [7, 11) is 0. The van der Waals surface area contributed by atoms with Crippen molar-refractivity contribution in [3.8, 4) is 5.69 Å². The van der Waals surface area contributed by atoms with Crippen LogP contribution in [0.2, 0.25) is 0 Å². The number of carbonyl (C=O) groups is 1. The summed E-state index contributed by atoms with van der Waals surface area (Å²) >= 11 is 1.33. The van der Waals surface area contributed by atoms with E-state index in [-0.39, 0.29) is 11.7 Å². The number of hydrogen-bond donors (Lipinski definition) is 0. The van der Waals surface area contributed by atoms with Gasteiger partial charge in [0, 0.05) is 5.69 Å². The lowest BCUT2D eigenvalue weighted by molar-refractivity contribution is -0.151. The quantitative estimate of drug-likeness (QED) is 0.639. The largest absolute Gasteiger partial charge is 0.459 e. The third-order valence-electron chi connectivity index (χ3n) is 2.83. The van der Waals surface area contributed by atoms with Gasteiger partial charge in [0.05, 0.1) is 5.75 Å². The Kier molecular flexibility index (Phi) is 4.90. The number of rotatable bonds is 4. The van der Waals surface area contributed by atoms with Crippen molar-refractivity contribution in [3.63, 3.8) is 0 Å². The standard InChI is InChI=1S/C16H21N3O2S/c1-11-6-8-13(9-7-11)19-12(2)17-18-15(19)22-10-14(20)21-16(3,4)5/h6-9H,10H2,1-5H3. The van der Waals surface area contributed by atoms with Crippen LogP contribution in [0.15, 0.2) is 29.4 Å². The zero-order valence-electron chi connectivity index (χ0n) is 13.6. The van der Waals surface area contributed by atoms with Crippen molar-refractivity contribution in [2.24, 2.45) is 0 Å². The highest BCUT2D eigenvalue weighted by Crippen LogP contribution is 2.22. The first-order valence-electron chi connectivity index (χ1n) is 7.10. The van der Waals surface area contributed by atoms with Gasteiger partial charge >= 0.3 is 5.97 Å². The molecule has 22 heavy (non-hydrogen) atoms. The van der Waals surface area contributed by atoms with Gasteiger partial charge in [-0.25, -0.2) is 0 Å². The Bertz CT molecular complexity index is 657. The number of nitrogens with zero attached hydrogens (tertiary/aromatic N) is 3. The van der Waals surface area contributed by atoms with Crippen LogP contribution < -0.4 is 0 Å². The van der Waals surface area contributed by atoms with Gasteiger partial charge in [0.15, 0.2) is 5.16 Å². The van der Waals surface area contributed by atoms with Crippen molar-refractivity contribution >= 4 is 17.7 Å². The molecule has 2 aromatic rings. The summed E-state index contributed by atoms with van der Waals surface area (Å²) in [5.41, 5.74) is 1.70. The lowest BCUT2D eigenvalue weighted by Gasteiger charge is -2.19. The second-order valence-electron chi connectivity index (χ2n) is 6.08. The molecular formula is C16H21N3O2S. The normalized spacial score (nSPS) is 11.5. The number of thioether (sulfide) groups is 1. The maximum absolute atomic E-state index is 11.8. The molecule has 2 rings (SSSR count). The Morgan fingerprint density at radius 3 is 2.41 bits per heavy atom. The minimum atomic E-state index is -0.474. The molecule has 1 aromatic carbocycles. The van der Waals surface area contributed by atoms with Gasteiger partial charge in [0.2, 0.25) is 0 Å². The van der Waals surface area contributed by atoms with Crippen molar-refractivity contribution in [2.45, 2.75) is 45.4 Å². The van der Waals surface area contributed by atoms with Crippen LogP contribution in [0.5, 0.6) is 0 Å². The summed E-state index contributed by atoms with van der Waals surface area (Å²) in [6.45, 7) is 9.50. The lowest BCUT2D eigenvalue weighted by Crippen LogP contribution is -2.25. The summed E-state index contributed by atoms with van der Waals surface area (Å²) in [4.78, 5) is 11.8. The highest BCUT2D eigenvalue weighted by Gasteiger charge is 2.18. The summed E-state index contributed by atoms with van der Waals surface area (Å²) in [6.07, 6.45) is 0. The molecule has 1 aromatic heterocycles. The van der Waals surface area contributed by atoms with E-state index in [9.17, 15) is 4.79 Å². The molecule has 0 atom stereocenters. The number of esters is 1. The zero-order chi connectivity index (χ0) is 16.3. The topological polar surface area (TPSA) is 57.0 Å². The van der Waals surface area contributed by atoms with E-state index in [1.165, 1.54) is 17.3 Å². The van der Waals surface area contributed by atoms with Crippen LogP contribution in [-0.4, -0.2) is 32.1 Å². The fraction of sp³-hybridized carbons (Fsp3) is 0.438. The lowest BCUT2D eigenvalue weighted by atomic mass is 10.2. The SMILES string of the molecule is Cc1ccc(-n2c(C)nnc2SCC(=O)OC(C)(C)C)cc1. The monoisotopic (exact) mass is 319 g/mol. The first-order chi connectivity index (χ1) is 10.3. The molecule has 0 unspecified atom stereocenters. The zero-order valence-corrected chi connectivity index (χ0v) is 14.4. The highest BCUT2D eigenvalue weighted by atomic mass is 32.2. The molecule has 0 bridgehead atoms. The van der Waals surface area contributed by atoms with E-state index in [0.717, 1.165) is 11.5 Å². The van der Waals surface area contributed by atoms with Crippen molar-refractivity contribution < 1.29 is 9.53 Å². The summed E-state index contributed by atoms with van der Waals surface area (Å²) in [6, 6.07) is 8.11. The molecule has 1 heterocycles. The fourth-order valence-corrected chi connectivity index (χ4v) is 2.69. The Balaban J connectivity index is 2.13. The first kappa shape index (κ1) is 16.5. The first-order valence-corrected chi connectivity index (χ1v) is 8.08. The van der Waals surface area contributed by atoms with E-state index in [2.05, 4.69) is 10.2 Å². The number of aryl methyl sites for hydroxylation is 2. The highest BCUT2D eigenvalue weighted by molar-refractivity contribution is 7.99. The maximum atomic E-state index is 11.8. The predicted octanol–water partition coefficient (Wildman–Crippen LogP) is 3.32. The number of ether oxygens (including phenoxy) is 1. The summed E-state index contributed by atoms with van der Waals surface area (Å²) in [5.74, 6) is 0.741. The second kappa shape index (κ2) is 6.52. The molecule has 0 aliphatic carbocycles. The van der Waals surface area contributed by atoms with Gasteiger partial charge in [-0.3, -0.25) is 9.36 Å². The minimum Gasteiger partial charge on any atom is -0.459 e. The molecule has 0 fully saturated rings. The average molecular weight is 319 g/mol. The molecule has 5 nitrogen and oxygen atoms in total. The van der Waals surface area contributed by atoms with Gasteiger partial charge in [-0.1, -0.05) is 29.5 Å². The molecule has 0 saturated heterocycles. The smallest absolute Gasteiger partial charge is 0.316 e. The average Bonchev–Trinajstić information content (AvgIpc) is 2.77. The van der Waals surface area contributed by atoms with E-state index < -0.39 is 5.60 Å². The predicted molar refractivity (Wildman–Crippen MR) is 87.4 cm³/mol. The van der Waals surface area contributed by atoms with E-state index in [0.29, 0.717) is 5.16 Å². The van der Waals surface area contributed by atoms with Crippen molar-refractivity contribution in [1.29, 1.82) is 0 Å². The van der Waals surface area contributed by atoms with Crippen LogP contribution >= 0.6 is 11.8 Å². The van der Waals surface area contributed by atoms with Crippen molar-refractivity contribution in [1.82, 2.24) is 14.8 Å². The molecule has 0 amide bonds. The molecule has 6 heteroatoms. The van der Waals surface area contributed by atoms with Gasteiger partial charge < -0.3 is 4.74 Å². The molecular weight excluding hydrogens is 298 g/mol. The van der Waals surface area contributed by atoms with Crippen LogP contribution in [0, 0.1) is 13.8 Å². The summed E-state index contributed by atoms with van der Waals surface area (Å²) < 4.78 is 7.25. The number of aromatic nitrogens is 3. The van der Waals surface area contributed by atoms with Gasteiger partial charge in [-0.15, -0.1) is 10.2 Å². The second-order valence-corrected chi connectivity index (χ2v) is 7.02. The summed E-state index contributed by atoms with van der Waals surface area (Å²) in [5, 5.41) is 8.95. The maximum Gasteiger partial charge on any atom is 0.316 e. The van der Waals surface area contributed by atoms with Crippen LogP contribution in [0.4, 0.5) is 0 Å². The van der Waals surface area contributed by atoms with E-state index >= 15 is 0 Å². The van der Waals surface area contributed by atoms with Crippen LogP contribution in [0.1, 0.15) is 32.2 Å². The van der Waals surface area contributed by atoms with E-state index in [4.69, 9.17) is 4.74 Å². The van der Waals surface area contributed by atoms with E-state index in [1.54, 1.807) is 0 Å². The minimum absolute atomic E-state index is 0.210. The molecule has 0 radical (unpaired) electrons. The van der Waals surface area contributed by atoms with Crippen molar-refractivity contribution in [2.75, 3.05) is 5.75 Å². The van der Waals surface area contributed by atoms with Gasteiger partial charge in [0.25, 0.3) is 0 Å².